The van der Waals surface area contributed by atoms with Crippen LogP contribution in [0.25, 0.3) is 0 Å². The molecule has 5 nitrogen and oxygen atoms in total. The van der Waals surface area contributed by atoms with Gasteiger partial charge in [-0.1, -0.05) is 25.0 Å². The standard InChI is InChI=1S/C16H21N3O2/c1-10(20)11-5-4-6-12(9-11)17-16(21)15-13-7-2-3-8-14(13)18-19-15/h4-6,9,13-15,18-19H,2-3,7-8H2,1H3,(H,17,21). The average molecular weight is 287 g/mol. The first kappa shape index (κ1) is 14.2. The number of Topliss-reactive ketones (excluding diaryl/α,β-unsaturated/α-hetero) is 1. The number of hydrogen-bond acceptors (Lipinski definition) is 4. The van der Waals surface area contributed by atoms with E-state index in [9.17, 15) is 9.59 Å². The van der Waals surface area contributed by atoms with Gasteiger partial charge in [0.25, 0.3) is 0 Å². The SMILES string of the molecule is CC(=O)c1cccc(NC(=O)C2NNC3CCCCC32)c1. The number of benzene rings is 1. The van der Waals surface area contributed by atoms with E-state index in [4.69, 9.17) is 0 Å². The molecule has 2 aliphatic rings. The summed E-state index contributed by atoms with van der Waals surface area (Å²) in [6.07, 6.45) is 4.62. The van der Waals surface area contributed by atoms with E-state index >= 15 is 0 Å². The maximum absolute atomic E-state index is 12.5. The summed E-state index contributed by atoms with van der Waals surface area (Å²) in [6, 6.07) is 7.28. The Morgan fingerprint density at radius 1 is 1.19 bits per heavy atom. The summed E-state index contributed by atoms with van der Waals surface area (Å²) in [4.78, 5) is 23.8. The lowest BCUT2D eigenvalue weighted by atomic mass is 9.81. The minimum atomic E-state index is -0.198. The minimum Gasteiger partial charge on any atom is -0.325 e. The molecule has 21 heavy (non-hydrogen) atoms. The summed E-state index contributed by atoms with van der Waals surface area (Å²) < 4.78 is 0. The Kier molecular flexibility index (Phi) is 4.03. The molecule has 1 saturated carbocycles. The van der Waals surface area contributed by atoms with Gasteiger partial charge in [0.1, 0.15) is 6.04 Å². The quantitative estimate of drug-likeness (QED) is 0.742. The van der Waals surface area contributed by atoms with Gasteiger partial charge in [-0.05, 0) is 31.9 Å². The van der Waals surface area contributed by atoms with Gasteiger partial charge < -0.3 is 5.32 Å². The molecular formula is C16H21N3O2. The van der Waals surface area contributed by atoms with Gasteiger partial charge in [0, 0.05) is 23.2 Å². The van der Waals surface area contributed by atoms with Crippen LogP contribution in [0.1, 0.15) is 43.0 Å². The van der Waals surface area contributed by atoms with Gasteiger partial charge in [0.05, 0.1) is 0 Å². The van der Waals surface area contributed by atoms with Crippen molar-refractivity contribution in [1.82, 2.24) is 10.9 Å². The zero-order chi connectivity index (χ0) is 14.8. The maximum atomic E-state index is 12.5. The third-order valence-electron chi connectivity index (χ3n) is 4.49. The van der Waals surface area contributed by atoms with Crippen LogP contribution < -0.4 is 16.2 Å². The average Bonchev–Trinajstić information content (AvgIpc) is 2.91. The Bertz CT molecular complexity index is 558. The van der Waals surface area contributed by atoms with Crippen molar-refractivity contribution in [3.8, 4) is 0 Å². The number of amides is 1. The first-order valence-corrected chi connectivity index (χ1v) is 7.58. The molecule has 1 aliphatic carbocycles. The van der Waals surface area contributed by atoms with Crippen molar-refractivity contribution in [1.29, 1.82) is 0 Å². The van der Waals surface area contributed by atoms with Crippen LogP contribution >= 0.6 is 0 Å². The van der Waals surface area contributed by atoms with Gasteiger partial charge >= 0.3 is 0 Å². The van der Waals surface area contributed by atoms with Gasteiger partial charge in [-0.15, -0.1) is 0 Å². The number of rotatable bonds is 3. The Morgan fingerprint density at radius 2 is 2.00 bits per heavy atom. The highest BCUT2D eigenvalue weighted by Gasteiger charge is 2.40. The van der Waals surface area contributed by atoms with Crippen LogP contribution in [0.4, 0.5) is 5.69 Å². The molecule has 0 radical (unpaired) electrons. The van der Waals surface area contributed by atoms with Crippen LogP contribution in [0, 0.1) is 5.92 Å². The van der Waals surface area contributed by atoms with Gasteiger partial charge in [0.2, 0.25) is 5.91 Å². The van der Waals surface area contributed by atoms with Crippen molar-refractivity contribution in [3.05, 3.63) is 29.8 Å². The molecule has 5 heteroatoms. The molecule has 1 saturated heterocycles. The summed E-state index contributed by atoms with van der Waals surface area (Å²) >= 11 is 0. The molecule has 0 bridgehead atoms. The van der Waals surface area contributed by atoms with Gasteiger partial charge in [-0.25, -0.2) is 5.43 Å². The number of carbonyl (C=O) groups excluding carboxylic acids is 2. The van der Waals surface area contributed by atoms with E-state index in [0.29, 0.717) is 23.2 Å². The summed E-state index contributed by atoms with van der Waals surface area (Å²) in [5, 5.41) is 2.92. The Hall–Kier alpha value is -1.72. The monoisotopic (exact) mass is 287 g/mol. The van der Waals surface area contributed by atoms with Gasteiger partial charge in [-0.2, -0.15) is 0 Å². The first-order valence-electron chi connectivity index (χ1n) is 7.58. The van der Waals surface area contributed by atoms with E-state index in [1.54, 1.807) is 18.2 Å². The largest absolute Gasteiger partial charge is 0.325 e. The van der Waals surface area contributed by atoms with Crippen LogP contribution in [-0.2, 0) is 4.79 Å². The van der Waals surface area contributed by atoms with E-state index in [-0.39, 0.29) is 17.7 Å². The summed E-state index contributed by atoms with van der Waals surface area (Å²) in [5.41, 5.74) is 7.65. The summed E-state index contributed by atoms with van der Waals surface area (Å²) in [7, 11) is 0. The Labute approximate surface area is 124 Å². The number of ketones is 1. The predicted molar refractivity (Wildman–Crippen MR) is 80.9 cm³/mol. The van der Waals surface area contributed by atoms with E-state index in [2.05, 4.69) is 16.2 Å². The van der Waals surface area contributed by atoms with Crippen LogP contribution in [0.15, 0.2) is 24.3 Å². The molecule has 3 N–H and O–H groups in total. The van der Waals surface area contributed by atoms with E-state index in [1.165, 1.54) is 19.8 Å². The number of nitrogens with one attached hydrogen (secondary N) is 3. The second-order valence-corrected chi connectivity index (χ2v) is 5.95. The Morgan fingerprint density at radius 3 is 2.81 bits per heavy atom. The first-order chi connectivity index (χ1) is 10.1. The van der Waals surface area contributed by atoms with E-state index in [0.717, 1.165) is 12.8 Å². The smallest absolute Gasteiger partial charge is 0.243 e. The molecule has 3 unspecified atom stereocenters. The molecular weight excluding hydrogens is 266 g/mol. The molecule has 3 rings (SSSR count). The number of hydrogen-bond donors (Lipinski definition) is 3. The van der Waals surface area contributed by atoms with Crippen molar-refractivity contribution in [2.24, 2.45) is 5.92 Å². The number of anilines is 1. The molecule has 1 aliphatic heterocycles. The molecule has 1 heterocycles. The zero-order valence-corrected chi connectivity index (χ0v) is 12.2. The lowest BCUT2D eigenvalue weighted by Crippen LogP contribution is -2.42. The molecule has 3 atom stereocenters. The third kappa shape index (κ3) is 2.99. The van der Waals surface area contributed by atoms with E-state index < -0.39 is 0 Å². The highest BCUT2D eigenvalue weighted by atomic mass is 16.2. The second-order valence-electron chi connectivity index (χ2n) is 5.95. The number of fused-ring (bicyclic) bond motifs is 1. The normalized spacial score (nSPS) is 28.0. The lowest BCUT2D eigenvalue weighted by molar-refractivity contribution is -0.118. The fourth-order valence-electron chi connectivity index (χ4n) is 3.34. The molecule has 1 aromatic carbocycles. The maximum Gasteiger partial charge on any atom is 0.243 e. The number of hydrazine groups is 1. The molecule has 0 aromatic heterocycles. The highest BCUT2D eigenvalue weighted by molar-refractivity contribution is 5.98. The number of carbonyl (C=O) groups is 2. The molecule has 0 spiro atoms. The Balaban J connectivity index is 1.69. The molecule has 1 amide bonds. The van der Waals surface area contributed by atoms with Crippen molar-refractivity contribution in [2.45, 2.75) is 44.7 Å². The minimum absolute atomic E-state index is 0.000832. The van der Waals surface area contributed by atoms with Crippen molar-refractivity contribution < 1.29 is 9.59 Å². The van der Waals surface area contributed by atoms with Gasteiger partial charge in [-0.3, -0.25) is 15.0 Å². The summed E-state index contributed by atoms with van der Waals surface area (Å²) in [6.45, 7) is 1.52. The zero-order valence-electron chi connectivity index (χ0n) is 12.2. The topological polar surface area (TPSA) is 70.2 Å². The van der Waals surface area contributed by atoms with Crippen molar-refractivity contribution in [2.75, 3.05) is 5.32 Å². The second kappa shape index (κ2) is 5.95. The van der Waals surface area contributed by atoms with Crippen molar-refractivity contribution in [3.63, 3.8) is 0 Å². The van der Waals surface area contributed by atoms with E-state index in [1.807, 2.05) is 6.07 Å². The fourth-order valence-corrected chi connectivity index (χ4v) is 3.34. The van der Waals surface area contributed by atoms with Crippen LogP contribution in [0.5, 0.6) is 0 Å². The molecule has 1 aromatic rings. The van der Waals surface area contributed by atoms with Gasteiger partial charge in [0.15, 0.2) is 5.78 Å². The van der Waals surface area contributed by atoms with Crippen LogP contribution in [0.3, 0.4) is 0 Å². The van der Waals surface area contributed by atoms with Crippen LogP contribution in [-0.4, -0.2) is 23.8 Å². The van der Waals surface area contributed by atoms with Crippen LogP contribution in [0.2, 0.25) is 0 Å². The molecule has 2 fully saturated rings. The fraction of sp³-hybridized carbons (Fsp3) is 0.500. The lowest BCUT2D eigenvalue weighted by Gasteiger charge is -2.26. The summed E-state index contributed by atoms with van der Waals surface area (Å²) in [5.74, 6) is 0.325. The molecule has 112 valence electrons. The van der Waals surface area contributed by atoms with Crippen molar-refractivity contribution >= 4 is 17.4 Å². The predicted octanol–water partition coefficient (Wildman–Crippen LogP) is 1.86. The third-order valence-corrected chi connectivity index (χ3v) is 4.49. The highest BCUT2D eigenvalue weighted by Crippen LogP contribution is 2.30.